The molecule has 0 amide bonds. The lowest BCUT2D eigenvalue weighted by molar-refractivity contribution is 0.112. The Labute approximate surface area is 105 Å². The first-order chi connectivity index (χ1) is 8.76. The number of rotatable bonds is 4. The maximum absolute atomic E-state index is 11.0. The van der Waals surface area contributed by atoms with Crippen LogP contribution in [-0.4, -0.2) is 11.4 Å². The fourth-order valence-corrected chi connectivity index (χ4v) is 1.77. The minimum atomic E-state index is 0.0965. The van der Waals surface area contributed by atoms with Gasteiger partial charge in [-0.15, -0.1) is 0 Å². The molecule has 3 nitrogen and oxygen atoms in total. The highest BCUT2D eigenvalue weighted by Crippen LogP contribution is 2.34. The molecule has 0 heterocycles. The number of carbonyl (C=O) groups excluding carboxylic acids is 1. The molecule has 2 aromatic carbocycles. The zero-order valence-corrected chi connectivity index (χ0v) is 9.67. The number of aromatic hydroxyl groups is 1. The van der Waals surface area contributed by atoms with E-state index in [0.29, 0.717) is 11.3 Å². The van der Waals surface area contributed by atoms with Crippen LogP contribution >= 0.6 is 0 Å². The van der Waals surface area contributed by atoms with Crippen molar-refractivity contribution >= 4 is 6.29 Å². The summed E-state index contributed by atoms with van der Waals surface area (Å²) in [5, 5.41) is 9.45. The van der Waals surface area contributed by atoms with Crippen molar-refractivity contribution in [3.63, 3.8) is 0 Å². The van der Waals surface area contributed by atoms with E-state index < -0.39 is 0 Å². The summed E-state index contributed by atoms with van der Waals surface area (Å²) in [6.45, 7) is 3.49. The topological polar surface area (TPSA) is 46.5 Å². The van der Waals surface area contributed by atoms with E-state index in [1.165, 1.54) is 12.3 Å². The smallest absolute Gasteiger partial charge is 0.150 e. The maximum Gasteiger partial charge on any atom is 0.150 e. The normalized spacial score (nSPS) is 9.78. The van der Waals surface area contributed by atoms with Gasteiger partial charge in [0.05, 0.1) is 6.26 Å². The lowest BCUT2D eigenvalue weighted by Crippen LogP contribution is -1.91. The van der Waals surface area contributed by atoms with Gasteiger partial charge in [0.1, 0.15) is 11.5 Å². The number of hydrogen-bond donors (Lipinski definition) is 1. The summed E-state index contributed by atoms with van der Waals surface area (Å²) in [5.41, 5.74) is 2.05. The molecule has 0 saturated carbocycles. The largest absolute Gasteiger partial charge is 0.508 e. The molecular formula is C15H12O3. The van der Waals surface area contributed by atoms with E-state index in [-0.39, 0.29) is 5.75 Å². The van der Waals surface area contributed by atoms with Crippen LogP contribution in [0.25, 0.3) is 11.1 Å². The van der Waals surface area contributed by atoms with Crippen molar-refractivity contribution < 1.29 is 14.6 Å². The monoisotopic (exact) mass is 240 g/mol. The number of ether oxygens (including phenoxy) is 1. The maximum atomic E-state index is 11.0. The molecule has 0 atom stereocenters. The number of phenolic OH excluding ortho intramolecular Hbond substituents is 1. The number of phenols is 1. The third-order valence-corrected chi connectivity index (χ3v) is 2.55. The van der Waals surface area contributed by atoms with Crippen LogP contribution in [-0.2, 0) is 0 Å². The molecule has 0 fully saturated rings. The minimum Gasteiger partial charge on any atom is -0.508 e. The van der Waals surface area contributed by atoms with Gasteiger partial charge in [0.2, 0.25) is 0 Å². The Bertz CT molecular complexity index is 588. The fraction of sp³-hybridized carbons (Fsp3) is 0. The first-order valence-corrected chi connectivity index (χ1v) is 5.41. The van der Waals surface area contributed by atoms with E-state index in [1.807, 2.05) is 12.1 Å². The molecule has 0 saturated heterocycles. The number of benzene rings is 2. The second-order valence-electron chi connectivity index (χ2n) is 3.67. The Morgan fingerprint density at radius 2 is 1.89 bits per heavy atom. The molecule has 0 aromatic heterocycles. The summed E-state index contributed by atoms with van der Waals surface area (Å²) in [4.78, 5) is 11.0. The molecule has 0 unspecified atom stereocenters. The third-order valence-electron chi connectivity index (χ3n) is 2.55. The molecule has 2 aromatic rings. The molecule has 0 bridgehead atoms. The average molecular weight is 240 g/mol. The van der Waals surface area contributed by atoms with Gasteiger partial charge >= 0.3 is 0 Å². The second-order valence-corrected chi connectivity index (χ2v) is 3.67. The van der Waals surface area contributed by atoms with Crippen LogP contribution in [0.1, 0.15) is 10.4 Å². The highest BCUT2D eigenvalue weighted by atomic mass is 16.5. The third kappa shape index (κ3) is 2.25. The van der Waals surface area contributed by atoms with Gasteiger partial charge < -0.3 is 9.84 Å². The van der Waals surface area contributed by atoms with Gasteiger partial charge in [0.25, 0.3) is 0 Å². The lowest BCUT2D eigenvalue weighted by Gasteiger charge is -2.10. The fourth-order valence-electron chi connectivity index (χ4n) is 1.77. The Hall–Kier alpha value is -2.55. The zero-order valence-electron chi connectivity index (χ0n) is 9.67. The molecule has 0 radical (unpaired) electrons. The van der Waals surface area contributed by atoms with Crippen LogP contribution in [0.15, 0.2) is 55.3 Å². The standard InChI is InChI=1S/C15H12O3/c1-2-18-15-9-12(17)7-8-14(15)13-6-4-3-5-11(13)10-16/h2-10,17H,1H2. The summed E-state index contributed by atoms with van der Waals surface area (Å²) in [5.74, 6) is 0.554. The molecule has 1 N–H and O–H groups in total. The summed E-state index contributed by atoms with van der Waals surface area (Å²) in [6, 6.07) is 11.9. The summed E-state index contributed by atoms with van der Waals surface area (Å²) in [7, 11) is 0. The Morgan fingerprint density at radius 3 is 2.61 bits per heavy atom. The van der Waals surface area contributed by atoms with Crippen molar-refractivity contribution in [2.75, 3.05) is 0 Å². The predicted molar refractivity (Wildman–Crippen MR) is 69.8 cm³/mol. The van der Waals surface area contributed by atoms with E-state index in [1.54, 1.807) is 24.3 Å². The quantitative estimate of drug-likeness (QED) is 0.658. The summed E-state index contributed by atoms with van der Waals surface area (Å²) < 4.78 is 5.26. The molecular weight excluding hydrogens is 228 g/mol. The van der Waals surface area contributed by atoms with Crippen molar-refractivity contribution in [2.24, 2.45) is 0 Å². The number of carbonyl (C=O) groups is 1. The van der Waals surface area contributed by atoms with E-state index in [2.05, 4.69) is 6.58 Å². The molecule has 0 aliphatic rings. The summed E-state index contributed by atoms with van der Waals surface area (Å²) in [6.07, 6.45) is 2.07. The van der Waals surface area contributed by atoms with Crippen LogP contribution in [0.2, 0.25) is 0 Å². The van der Waals surface area contributed by atoms with Crippen molar-refractivity contribution in [1.29, 1.82) is 0 Å². The first-order valence-electron chi connectivity index (χ1n) is 5.41. The second kappa shape index (κ2) is 5.19. The van der Waals surface area contributed by atoms with Crippen molar-refractivity contribution in [3.05, 3.63) is 60.9 Å². The van der Waals surface area contributed by atoms with Crippen LogP contribution in [0.4, 0.5) is 0 Å². The van der Waals surface area contributed by atoms with Crippen LogP contribution in [0, 0.1) is 0 Å². The van der Waals surface area contributed by atoms with Gasteiger partial charge in [-0.05, 0) is 17.7 Å². The molecule has 0 aliphatic carbocycles. The van der Waals surface area contributed by atoms with Crippen LogP contribution in [0.3, 0.4) is 0 Å². The van der Waals surface area contributed by atoms with E-state index >= 15 is 0 Å². The van der Waals surface area contributed by atoms with E-state index in [0.717, 1.165) is 17.4 Å². The van der Waals surface area contributed by atoms with Gasteiger partial charge in [-0.3, -0.25) is 4.79 Å². The molecule has 2 rings (SSSR count). The van der Waals surface area contributed by atoms with Crippen molar-refractivity contribution in [3.8, 4) is 22.6 Å². The molecule has 90 valence electrons. The van der Waals surface area contributed by atoms with Gasteiger partial charge in [0, 0.05) is 17.2 Å². The van der Waals surface area contributed by atoms with Gasteiger partial charge in [-0.1, -0.05) is 30.8 Å². The molecule has 0 spiro atoms. The van der Waals surface area contributed by atoms with Crippen LogP contribution in [0.5, 0.6) is 11.5 Å². The summed E-state index contributed by atoms with van der Waals surface area (Å²) >= 11 is 0. The van der Waals surface area contributed by atoms with Gasteiger partial charge in [0.15, 0.2) is 6.29 Å². The minimum absolute atomic E-state index is 0.0965. The van der Waals surface area contributed by atoms with E-state index in [4.69, 9.17) is 4.74 Å². The average Bonchev–Trinajstić information content (AvgIpc) is 2.39. The number of hydrogen-bond acceptors (Lipinski definition) is 3. The Morgan fingerprint density at radius 1 is 1.11 bits per heavy atom. The highest BCUT2D eigenvalue weighted by Gasteiger charge is 2.10. The first kappa shape index (κ1) is 11.9. The Kier molecular flexibility index (Phi) is 3.44. The predicted octanol–water partition coefficient (Wildman–Crippen LogP) is 3.39. The van der Waals surface area contributed by atoms with Gasteiger partial charge in [-0.2, -0.15) is 0 Å². The van der Waals surface area contributed by atoms with Gasteiger partial charge in [-0.25, -0.2) is 0 Å². The van der Waals surface area contributed by atoms with Crippen molar-refractivity contribution in [1.82, 2.24) is 0 Å². The molecule has 3 heteroatoms. The Balaban J connectivity index is 2.62. The highest BCUT2D eigenvalue weighted by molar-refractivity contribution is 5.89. The van der Waals surface area contributed by atoms with E-state index in [9.17, 15) is 9.90 Å². The number of aldehydes is 1. The lowest BCUT2D eigenvalue weighted by atomic mass is 9.99. The molecule has 0 aliphatic heterocycles. The molecule has 18 heavy (non-hydrogen) atoms. The van der Waals surface area contributed by atoms with Crippen molar-refractivity contribution in [2.45, 2.75) is 0 Å². The van der Waals surface area contributed by atoms with Crippen LogP contribution < -0.4 is 4.74 Å². The SMILES string of the molecule is C=COc1cc(O)ccc1-c1ccccc1C=O. The zero-order chi connectivity index (χ0) is 13.0.